The van der Waals surface area contributed by atoms with Gasteiger partial charge in [-0.05, 0) is 49.4 Å². The van der Waals surface area contributed by atoms with E-state index in [-0.39, 0.29) is 22.0 Å². The molecule has 0 unspecified atom stereocenters. The van der Waals surface area contributed by atoms with E-state index in [0.717, 1.165) is 0 Å². The van der Waals surface area contributed by atoms with Gasteiger partial charge in [0.2, 0.25) is 10.0 Å². The van der Waals surface area contributed by atoms with Crippen molar-refractivity contribution in [1.29, 1.82) is 0 Å². The van der Waals surface area contributed by atoms with E-state index in [2.05, 4.69) is 14.8 Å². The Morgan fingerprint density at radius 3 is 2.27 bits per heavy atom. The smallest absolute Gasteiger partial charge is 0.337 e. The molecule has 2 rings (SSSR count). The Labute approximate surface area is 156 Å². The van der Waals surface area contributed by atoms with Crippen molar-refractivity contribution in [2.45, 2.75) is 6.92 Å². The number of anilines is 2. The van der Waals surface area contributed by atoms with Gasteiger partial charge in [0.1, 0.15) is 0 Å². The molecule has 2 aromatic rings. The first-order valence-electron chi connectivity index (χ1n) is 7.55. The number of esters is 1. The summed E-state index contributed by atoms with van der Waals surface area (Å²) in [6.45, 7) is 1.52. The van der Waals surface area contributed by atoms with Crippen molar-refractivity contribution in [3.05, 3.63) is 58.6 Å². The van der Waals surface area contributed by atoms with Crippen molar-refractivity contribution in [3.8, 4) is 0 Å². The summed E-state index contributed by atoms with van der Waals surface area (Å²) < 4.78 is 30.1. The van der Waals surface area contributed by atoms with Crippen LogP contribution in [0.5, 0.6) is 0 Å². The van der Waals surface area contributed by atoms with Crippen molar-refractivity contribution >= 4 is 44.9 Å². The SMILES string of the molecule is CCS(=O)(=O)Nc1ccc(C(=O)Nc2cc(C(=O)OC)ccc2Cl)cc1. The predicted octanol–water partition coefficient (Wildman–Crippen LogP) is 3.14. The number of rotatable bonds is 6. The average molecular weight is 397 g/mol. The Morgan fingerprint density at radius 2 is 1.69 bits per heavy atom. The number of hydrogen-bond acceptors (Lipinski definition) is 5. The van der Waals surface area contributed by atoms with Gasteiger partial charge in [-0.1, -0.05) is 11.6 Å². The number of hydrogen-bond donors (Lipinski definition) is 2. The average Bonchev–Trinajstić information content (AvgIpc) is 2.63. The fourth-order valence-corrected chi connectivity index (χ4v) is 2.81. The highest BCUT2D eigenvalue weighted by Crippen LogP contribution is 2.24. The van der Waals surface area contributed by atoms with Crippen LogP contribution in [0.25, 0.3) is 0 Å². The fraction of sp³-hybridized carbons (Fsp3) is 0.176. The number of halogens is 1. The van der Waals surface area contributed by atoms with Crippen molar-refractivity contribution < 1.29 is 22.7 Å². The van der Waals surface area contributed by atoms with E-state index < -0.39 is 21.9 Å². The van der Waals surface area contributed by atoms with Crippen molar-refractivity contribution in [3.63, 3.8) is 0 Å². The van der Waals surface area contributed by atoms with E-state index in [1.54, 1.807) is 0 Å². The molecular weight excluding hydrogens is 380 g/mol. The summed E-state index contributed by atoms with van der Waals surface area (Å²) in [5, 5.41) is 2.87. The molecule has 0 aliphatic carbocycles. The Balaban J connectivity index is 2.16. The zero-order valence-electron chi connectivity index (χ0n) is 14.1. The van der Waals surface area contributed by atoms with E-state index in [0.29, 0.717) is 11.3 Å². The van der Waals surface area contributed by atoms with Crippen LogP contribution in [-0.4, -0.2) is 33.2 Å². The number of amides is 1. The minimum Gasteiger partial charge on any atom is -0.465 e. The zero-order valence-corrected chi connectivity index (χ0v) is 15.6. The first-order valence-corrected chi connectivity index (χ1v) is 9.58. The molecule has 26 heavy (non-hydrogen) atoms. The highest BCUT2D eigenvalue weighted by molar-refractivity contribution is 7.92. The molecule has 0 bridgehead atoms. The molecule has 0 saturated carbocycles. The maximum Gasteiger partial charge on any atom is 0.337 e. The lowest BCUT2D eigenvalue weighted by molar-refractivity contribution is 0.0600. The van der Waals surface area contributed by atoms with E-state index in [4.69, 9.17) is 11.6 Å². The summed E-state index contributed by atoms with van der Waals surface area (Å²) in [5.41, 5.74) is 1.16. The van der Waals surface area contributed by atoms with Crippen LogP contribution in [0.2, 0.25) is 5.02 Å². The lowest BCUT2D eigenvalue weighted by Gasteiger charge is -2.10. The van der Waals surface area contributed by atoms with Gasteiger partial charge in [0.05, 0.1) is 29.1 Å². The summed E-state index contributed by atoms with van der Waals surface area (Å²) in [4.78, 5) is 23.9. The molecule has 1 amide bonds. The predicted molar refractivity (Wildman–Crippen MR) is 100 cm³/mol. The molecule has 138 valence electrons. The van der Waals surface area contributed by atoms with Gasteiger partial charge in [-0.3, -0.25) is 9.52 Å². The topological polar surface area (TPSA) is 102 Å². The Hall–Kier alpha value is -2.58. The largest absolute Gasteiger partial charge is 0.465 e. The number of sulfonamides is 1. The molecule has 7 nitrogen and oxygen atoms in total. The van der Waals surface area contributed by atoms with Gasteiger partial charge in [0.25, 0.3) is 5.91 Å². The summed E-state index contributed by atoms with van der Waals surface area (Å²) in [6, 6.07) is 10.3. The standard InChI is InChI=1S/C17H17ClN2O5S/c1-3-26(23,24)20-13-7-4-11(5-8-13)16(21)19-15-10-12(17(22)25-2)6-9-14(15)18/h4-10,20H,3H2,1-2H3,(H,19,21). The molecule has 0 aliphatic heterocycles. The summed E-state index contributed by atoms with van der Waals surface area (Å²) in [7, 11) is -2.13. The Kier molecular flexibility index (Phi) is 6.23. The molecule has 0 aromatic heterocycles. The monoisotopic (exact) mass is 396 g/mol. The van der Waals surface area contributed by atoms with Crippen LogP contribution in [0.4, 0.5) is 11.4 Å². The minimum atomic E-state index is -3.39. The lowest BCUT2D eigenvalue weighted by atomic mass is 10.1. The number of benzene rings is 2. The highest BCUT2D eigenvalue weighted by Gasteiger charge is 2.13. The van der Waals surface area contributed by atoms with Gasteiger partial charge >= 0.3 is 5.97 Å². The zero-order chi connectivity index (χ0) is 19.3. The molecule has 0 saturated heterocycles. The van der Waals surface area contributed by atoms with Crippen molar-refractivity contribution in [2.75, 3.05) is 22.9 Å². The van der Waals surface area contributed by atoms with Gasteiger partial charge in [-0.2, -0.15) is 0 Å². The maximum atomic E-state index is 12.3. The molecular formula is C17H17ClN2O5S. The van der Waals surface area contributed by atoms with Crippen LogP contribution in [0, 0.1) is 0 Å². The van der Waals surface area contributed by atoms with Gasteiger partial charge in [-0.15, -0.1) is 0 Å². The lowest BCUT2D eigenvalue weighted by Crippen LogP contribution is -2.15. The fourth-order valence-electron chi connectivity index (χ4n) is 2.00. The summed E-state index contributed by atoms with van der Waals surface area (Å²) in [6.07, 6.45) is 0. The number of carbonyl (C=O) groups is 2. The van der Waals surface area contributed by atoms with Crippen molar-refractivity contribution in [1.82, 2.24) is 0 Å². The first kappa shape index (κ1) is 19.7. The summed E-state index contributed by atoms with van der Waals surface area (Å²) >= 11 is 6.05. The van der Waals surface area contributed by atoms with Gasteiger partial charge < -0.3 is 10.1 Å². The van der Waals surface area contributed by atoms with E-state index in [9.17, 15) is 18.0 Å². The first-order chi connectivity index (χ1) is 12.3. The second-order valence-corrected chi connectivity index (χ2v) is 7.64. The number of methoxy groups -OCH3 is 1. The molecule has 0 spiro atoms. The summed E-state index contributed by atoms with van der Waals surface area (Å²) in [5.74, 6) is -1.06. The highest BCUT2D eigenvalue weighted by atomic mass is 35.5. The number of carbonyl (C=O) groups excluding carboxylic acids is 2. The van der Waals surface area contributed by atoms with E-state index in [1.807, 2.05) is 0 Å². The molecule has 0 fully saturated rings. The number of ether oxygens (including phenoxy) is 1. The van der Waals surface area contributed by atoms with Crippen LogP contribution in [-0.2, 0) is 14.8 Å². The molecule has 2 N–H and O–H groups in total. The molecule has 0 aliphatic rings. The second-order valence-electron chi connectivity index (χ2n) is 5.22. The van der Waals surface area contributed by atoms with E-state index >= 15 is 0 Å². The van der Waals surface area contributed by atoms with Crippen molar-refractivity contribution in [2.24, 2.45) is 0 Å². The minimum absolute atomic E-state index is 0.0513. The van der Waals surface area contributed by atoms with Crippen LogP contribution in [0.3, 0.4) is 0 Å². The molecule has 0 radical (unpaired) electrons. The third-order valence-corrected chi connectivity index (χ3v) is 5.07. The normalized spacial score (nSPS) is 10.9. The van der Waals surface area contributed by atoms with Crippen LogP contribution in [0.15, 0.2) is 42.5 Å². The molecule has 0 heterocycles. The van der Waals surface area contributed by atoms with Crippen LogP contribution in [0.1, 0.15) is 27.6 Å². The molecule has 0 atom stereocenters. The molecule has 9 heteroatoms. The van der Waals surface area contributed by atoms with Crippen LogP contribution >= 0.6 is 11.6 Å². The Morgan fingerprint density at radius 1 is 1.08 bits per heavy atom. The Bertz CT molecular complexity index is 927. The number of nitrogens with one attached hydrogen (secondary N) is 2. The maximum absolute atomic E-state index is 12.3. The molecule has 2 aromatic carbocycles. The third-order valence-electron chi connectivity index (χ3n) is 3.44. The van der Waals surface area contributed by atoms with Gasteiger partial charge in [-0.25, -0.2) is 13.2 Å². The van der Waals surface area contributed by atoms with Crippen LogP contribution < -0.4 is 10.0 Å². The quantitative estimate of drug-likeness (QED) is 0.730. The van der Waals surface area contributed by atoms with E-state index in [1.165, 1.54) is 56.5 Å². The van der Waals surface area contributed by atoms with Gasteiger partial charge in [0, 0.05) is 11.3 Å². The van der Waals surface area contributed by atoms with Gasteiger partial charge in [0.15, 0.2) is 0 Å². The third kappa shape index (κ3) is 4.96. The second kappa shape index (κ2) is 8.20.